The van der Waals surface area contributed by atoms with E-state index < -0.39 is 0 Å². The Morgan fingerprint density at radius 3 is 2.73 bits per heavy atom. The number of halogens is 1. The topological polar surface area (TPSA) is 24.9 Å². The SMILES string of the molecule is Cc1ncsc1CNCC1(C)CCC1.Cl. The average molecular weight is 247 g/mol. The molecule has 0 spiro atoms. The summed E-state index contributed by atoms with van der Waals surface area (Å²) in [7, 11) is 0. The predicted octanol–water partition coefficient (Wildman–Crippen LogP) is 3.15. The molecule has 1 aliphatic carbocycles. The minimum Gasteiger partial charge on any atom is -0.311 e. The van der Waals surface area contributed by atoms with Gasteiger partial charge in [-0.25, -0.2) is 4.98 Å². The van der Waals surface area contributed by atoms with E-state index in [-0.39, 0.29) is 12.4 Å². The van der Waals surface area contributed by atoms with Crippen LogP contribution in [0.25, 0.3) is 0 Å². The van der Waals surface area contributed by atoms with Gasteiger partial charge in [-0.05, 0) is 25.2 Å². The molecule has 0 aliphatic heterocycles. The van der Waals surface area contributed by atoms with Crippen molar-refractivity contribution < 1.29 is 0 Å². The van der Waals surface area contributed by atoms with Gasteiger partial charge in [0.05, 0.1) is 11.2 Å². The number of aryl methyl sites for hydroxylation is 1. The van der Waals surface area contributed by atoms with Crippen LogP contribution in [0.2, 0.25) is 0 Å². The van der Waals surface area contributed by atoms with Gasteiger partial charge in [-0.15, -0.1) is 23.7 Å². The molecular formula is C11H19ClN2S. The van der Waals surface area contributed by atoms with Crippen molar-refractivity contribution in [1.29, 1.82) is 0 Å². The molecule has 1 N–H and O–H groups in total. The molecular weight excluding hydrogens is 228 g/mol. The van der Waals surface area contributed by atoms with Crippen LogP contribution in [0.3, 0.4) is 0 Å². The third-order valence-electron chi connectivity index (χ3n) is 3.24. The molecule has 1 heterocycles. The fourth-order valence-corrected chi connectivity index (χ4v) is 2.68. The van der Waals surface area contributed by atoms with Crippen molar-refractivity contribution in [2.75, 3.05) is 6.54 Å². The first-order valence-electron chi connectivity index (χ1n) is 5.29. The van der Waals surface area contributed by atoms with E-state index in [1.165, 1.54) is 29.8 Å². The monoisotopic (exact) mass is 246 g/mol. The number of hydrogen-bond acceptors (Lipinski definition) is 3. The molecule has 0 saturated heterocycles. The maximum Gasteiger partial charge on any atom is 0.0798 e. The van der Waals surface area contributed by atoms with Crippen molar-refractivity contribution in [1.82, 2.24) is 10.3 Å². The summed E-state index contributed by atoms with van der Waals surface area (Å²) in [5, 5.41) is 3.54. The zero-order chi connectivity index (χ0) is 10.0. The third-order valence-corrected chi connectivity index (χ3v) is 4.18. The van der Waals surface area contributed by atoms with Crippen molar-refractivity contribution in [3.05, 3.63) is 16.1 Å². The Morgan fingerprint density at radius 2 is 2.27 bits per heavy atom. The van der Waals surface area contributed by atoms with E-state index in [1.807, 2.05) is 5.51 Å². The normalized spacial score (nSPS) is 18.0. The Hall–Kier alpha value is -0.120. The van der Waals surface area contributed by atoms with Crippen LogP contribution in [0.1, 0.15) is 36.8 Å². The van der Waals surface area contributed by atoms with Gasteiger partial charge in [0.25, 0.3) is 0 Å². The maximum absolute atomic E-state index is 4.24. The summed E-state index contributed by atoms with van der Waals surface area (Å²) in [6.45, 7) is 6.61. The Morgan fingerprint density at radius 1 is 1.53 bits per heavy atom. The molecule has 0 atom stereocenters. The van der Waals surface area contributed by atoms with Crippen LogP contribution in [-0.4, -0.2) is 11.5 Å². The predicted molar refractivity (Wildman–Crippen MR) is 67.8 cm³/mol. The van der Waals surface area contributed by atoms with Crippen LogP contribution in [0.15, 0.2) is 5.51 Å². The molecule has 0 unspecified atom stereocenters. The highest BCUT2D eigenvalue weighted by atomic mass is 35.5. The Bertz CT molecular complexity index is 307. The highest BCUT2D eigenvalue weighted by molar-refractivity contribution is 7.09. The molecule has 15 heavy (non-hydrogen) atoms. The minimum absolute atomic E-state index is 0. The van der Waals surface area contributed by atoms with Gasteiger partial charge in [0.1, 0.15) is 0 Å². The minimum atomic E-state index is 0. The van der Waals surface area contributed by atoms with Gasteiger partial charge in [-0.2, -0.15) is 0 Å². The summed E-state index contributed by atoms with van der Waals surface area (Å²) in [6.07, 6.45) is 4.20. The van der Waals surface area contributed by atoms with Crippen LogP contribution in [0.5, 0.6) is 0 Å². The van der Waals surface area contributed by atoms with E-state index in [1.54, 1.807) is 11.3 Å². The second kappa shape index (κ2) is 5.28. The lowest BCUT2D eigenvalue weighted by molar-refractivity contribution is 0.156. The van der Waals surface area contributed by atoms with Crippen molar-refractivity contribution in [3.8, 4) is 0 Å². The Labute approximate surface area is 102 Å². The molecule has 1 fully saturated rings. The van der Waals surface area contributed by atoms with Crippen molar-refractivity contribution in [2.24, 2.45) is 5.41 Å². The highest BCUT2D eigenvalue weighted by Gasteiger charge is 2.30. The lowest BCUT2D eigenvalue weighted by Gasteiger charge is -2.38. The van der Waals surface area contributed by atoms with Gasteiger partial charge in [0, 0.05) is 18.0 Å². The van der Waals surface area contributed by atoms with Gasteiger partial charge < -0.3 is 5.32 Å². The van der Waals surface area contributed by atoms with Gasteiger partial charge in [-0.1, -0.05) is 13.3 Å². The number of rotatable bonds is 4. The van der Waals surface area contributed by atoms with Gasteiger partial charge in [0.15, 0.2) is 0 Å². The summed E-state index contributed by atoms with van der Waals surface area (Å²) in [5.41, 5.74) is 3.69. The van der Waals surface area contributed by atoms with E-state index in [2.05, 4.69) is 24.1 Å². The number of thiazole rings is 1. The second-order valence-electron chi connectivity index (χ2n) is 4.63. The van der Waals surface area contributed by atoms with E-state index >= 15 is 0 Å². The molecule has 1 saturated carbocycles. The van der Waals surface area contributed by atoms with E-state index in [0.29, 0.717) is 5.41 Å². The lowest BCUT2D eigenvalue weighted by Crippen LogP contribution is -2.36. The third kappa shape index (κ3) is 3.16. The van der Waals surface area contributed by atoms with Gasteiger partial charge in [-0.3, -0.25) is 0 Å². The Balaban J connectivity index is 0.00000112. The van der Waals surface area contributed by atoms with Crippen molar-refractivity contribution in [2.45, 2.75) is 39.7 Å². The maximum atomic E-state index is 4.24. The first-order chi connectivity index (χ1) is 6.70. The van der Waals surface area contributed by atoms with Gasteiger partial charge >= 0.3 is 0 Å². The summed E-state index contributed by atoms with van der Waals surface area (Å²) >= 11 is 1.75. The number of aromatic nitrogens is 1. The molecule has 2 rings (SSSR count). The Kier molecular flexibility index (Phi) is 4.56. The number of nitrogens with zero attached hydrogens (tertiary/aromatic N) is 1. The van der Waals surface area contributed by atoms with Crippen molar-refractivity contribution in [3.63, 3.8) is 0 Å². The summed E-state index contributed by atoms with van der Waals surface area (Å²) in [4.78, 5) is 5.63. The van der Waals surface area contributed by atoms with E-state index in [0.717, 1.165) is 13.1 Å². The smallest absolute Gasteiger partial charge is 0.0798 e. The summed E-state index contributed by atoms with van der Waals surface area (Å²) in [5.74, 6) is 0. The summed E-state index contributed by atoms with van der Waals surface area (Å²) in [6, 6.07) is 0. The van der Waals surface area contributed by atoms with E-state index in [4.69, 9.17) is 0 Å². The quantitative estimate of drug-likeness (QED) is 0.883. The standard InChI is InChI=1S/C11H18N2S.ClH/c1-9-10(14-8-13-9)6-12-7-11(2)4-3-5-11;/h8,12H,3-7H2,1-2H3;1H. The van der Waals surface area contributed by atoms with Crippen LogP contribution in [0, 0.1) is 12.3 Å². The molecule has 1 aromatic heterocycles. The van der Waals surface area contributed by atoms with Crippen LogP contribution in [-0.2, 0) is 6.54 Å². The molecule has 86 valence electrons. The first-order valence-corrected chi connectivity index (χ1v) is 6.17. The molecule has 0 amide bonds. The number of hydrogen-bond donors (Lipinski definition) is 1. The largest absolute Gasteiger partial charge is 0.311 e. The van der Waals surface area contributed by atoms with Gasteiger partial charge in [0.2, 0.25) is 0 Å². The molecule has 4 heteroatoms. The first kappa shape index (κ1) is 12.9. The summed E-state index contributed by atoms with van der Waals surface area (Å²) < 4.78 is 0. The molecule has 1 aromatic rings. The van der Waals surface area contributed by atoms with E-state index in [9.17, 15) is 0 Å². The second-order valence-corrected chi connectivity index (χ2v) is 5.57. The van der Waals surface area contributed by atoms with Crippen LogP contribution >= 0.6 is 23.7 Å². The molecule has 0 bridgehead atoms. The zero-order valence-electron chi connectivity index (χ0n) is 9.38. The number of nitrogens with one attached hydrogen (secondary N) is 1. The lowest BCUT2D eigenvalue weighted by atomic mass is 9.70. The zero-order valence-corrected chi connectivity index (χ0v) is 11.0. The molecule has 1 aliphatic rings. The highest BCUT2D eigenvalue weighted by Crippen LogP contribution is 2.39. The van der Waals surface area contributed by atoms with Crippen LogP contribution in [0.4, 0.5) is 0 Å². The molecule has 0 radical (unpaired) electrons. The fraction of sp³-hybridized carbons (Fsp3) is 0.727. The van der Waals surface area contributed by atoms with Crippen LogP contribution < -0.4 is 5.32 Å². The average Bonchev–Trinajstić information content (AvgIpc) is 2.49. The fourth-order valence-electron chi connectivity index (χ4n) is 1.93. The van der Waals surface area contributed by atoms with Crippen molar-refractivity contribution >= 4 is 23.7 Å². The molecule has 0 aromatic carbocycles. The molecule has 2 nitrogen and oxygen atoms in total.